The van der Waals surface area contributed by atoms with Crippen LogP contribution >= 0.6 is 15.9 Å². The summed E-state index contributed by atoms with van der Waals surface area (Å²) in [5, 5.41) is 8.49. The Morgan fingerprint density at radius 3 is 2.91 bits per heavy atom. The molecule has 1 spiro atoms. The molecule has 0 saturated carbocycles. The third-order valence-electron chi connectivity index (χ3n) is 4.08. The molecule has 1 aromatic carbocycles. The van der Waals surface area contributed by atoms with Crippen LogP contribution in [0.15, 0.2) is 28.7 Å². The van der Waals surface area contributed by atoms with Gasteiger partial charge in [0.15, 0.2) is 0 Å². The standard InChI is InChI=1S/C15H17BrN4O3/c16-11-3-1-2-10(6-11)7-18-12(21)8-20-13(22)15(19-14(20)23)4-5-17-9-15/h1-3,6,17H,4-5,7-9H2,(H,18,21)(H,19,23). The summed E-state index contributed by atoms with van der Waals surface area (Å²) < 4.78 is 0.925. The smallest absolute Gasteiger partial charge is 0.325 e. The number of nitrogens with one attached hydrogen (secondary N) is 3. The Morgan fingerprint density at radius 1 is 1.39 bits per heavy atom. The number of carbonyl (C=O) groups excluding carboxylic acids is 3. The van der Waals surface area contributed by atoms with Gasteiger partial charge in [0, 0.05) is 17.6 Å². The van der Waals surface area contributed by atoms with Crippen molar-refractivity contribution >= 4 is 33.8 Å². The van der Waals surface area contributed by atoms with Crippen molar-refractivity contribution < 1.29 is 14.4 Å². The van der Waals surface area contributed by atoms with Gasteiger partial charge in [-0.2, -0.15) is 0 Å². The molecule has 3 N–H and O–H groups in total. The molecule has 7 nitrogen and oxygen atoms in total. The van der Waals surface area contributed by atoms with E-state index in [2.05, 4.69) is 31.9 Å². The summed E-state index contributed by atoms with van der Waals surface area (Å²) >= 11 is 3.37. The van der Waals surface area contributed by atoms with Crippen LogP contribution in [0.25, 0.3) is 0 Å². The van der Waals surface area contributed by atoms with Gasteiger partial charge in [0.25, 0.3) is 5.91 Å². The molecule has 2 heterocycles. The predicted molar refractivity (Wildman–Crippen MR) is 86.5 cm³/mol. The molecule has 0 radical (unpaired) electrons. The number of benzene rings is 1. The van der Waals surface area contributed by atoms with Crippen LogP contribution in [-0.2, 0) is 16.1 Å². The van der Waals surface area contributed by atoms with Gasteiger partial charge < -0.3 is 16.0 Å². The average Bonchev–Trinajstić information content (AvgIpc) is 3.07. The van der Waals surface area contributed by atoms with Crippen molar-refractivity contribution in [2.24, 2.45) is 0 Å². The first-order chi connectivity index (χ1) is 11.0. The van der Waals surface area contributed by atoms with Gasteiger partial charge in [-0.1, -0.05) is 28.1 Å². The Hall–Kier alpha value is -1.93. The molecule has 0 aliphatic carbocycles. The topological polar surface area (TPSA) is 90.5 Å². The number of hydrogen-bond donors (Lipinski definition) is 3. The first kappa shape index (κ1) is 15.9. The number of rotatable bonds is 4. The van der Waals surface area contributed by atoms with Gasteiger partial charge >= 0.3 is 6.03 Å². The second-order valence-electron chi connectivity index (χ2n) is 5.74. The van der Waals surface area contributed by atoms with Gasteiger partial charge in [-0.15, -0.1) is 0 Å². The lowest BCUT2D eigenvalue weighted by Crippen LogP contribution is -2.49. The first-order valence-electron chi connectivity index (χ1n) is 7.36. The number of carbonyl (C=O) groups is 3. The highest BCUT2D eigenvalue weighted by molar-refractivity contribution is 9.10. The van der Waals surface area contributed by atoms with Gasteiger partial charge in [0.1, 0.15) is 12.1 Å². The lowest BCUT2D eigenvalue weighted by atomic mass is 9.99. The van der Waals surface area contributed by atoms with Crippen LogP contribution in [0.4, 0.5) is 4.79 Å². The second-order valence-corrected chi connectivity index (χ2v) is 6.65. The Balaban J connectivity index is 1.57. The van der Waals surface area contributed by atoms with Crippen LogP contribution in [0.2, 0.25) is 0 Å². The summed E-state index contributed by atoms with van der Waals surface area (Å²) in [6, 6.07) is 7.05. The summed E-state index contributed by atoms with van der Waals surface area (Å²) in [6.07, 6.45) is 0.549. The van der Waals surface area contributed by atoms with E-state index in [-0.39, 0.29) is 18.4 Å². The number of imide groups is 1. The Morgan fingerprint density at radius 2 is 2.22 bits per heavy atom. The molecule has 122 valence electrons. The minimum absolute atomic E-state index is 0.263. The molecule has 4 amide bonds. The summed E-state index contributed by atoms with van der Waals surface area (Å²) in [7, 11) is 0. The number of urea groups is 1. The zero-order valence-corrected chi connectivity index (χ0v) is 14.0. The summed E-state index contributed by atoms with van der Waals surface area (Å²) in [5.74, 6) is -0.693. The maximum atomic E-state index is 12.4. The molecular formula is C15H17BrN4O3. The first-order valence-corrected chi connectivity index (χ1v) is 8.15. The Bertz CT molecular complexity index is 658. The average molecular weight is 381 g/mol. The SMILES string of the molecule is O=C(CN1C(=O)NC2(CCNC2)C1=O)NCc1cccc(Br)c1. The van der Waals surface area contributed by atoms with E-state index in [1.165, 1.54) is 0 Å². The molecule has 2 fully saturated rings. The van der Waals surface area contributed by atoms with Crippen LogP contribution < -0.4 is 16.0 Å². The van der Waals surface area contributed by atoms with Gasteiger partial charge in [0.05, 0.1) is 0 Å². The summed E-state index contributed by atoms with van der Waals surface area (Å²) in [6.45, 7) is 1.16. The molecule has 1 unspecified atom stereocenters. The predicted octanol–water partition coefficient (Wildman–Crippen LogP) is 0.349. The molecule has 0 aromatic heterocycles. The number of amides is 4. The van der Waals surface area contributed by atoms with Crippen LogP contribution in [0.5, 0.6) is 0 Å². The molecule has 1 aromatic rings. The van der Waals surface area contributed by atoms with Crippen molar-refractivity contribution in [2.45, 2.75) is 18.5 Å². The van der Waals surface area contributed by atoms with E-state index in [4.69, 9.17) is 0 Å². The van der Waals surface area contributed by atoms with Gasteiger partial charge in [-0.25, -0.2) is 4.79 Å². The van der Waals surface area contributed by atoms with Crippen molar-refractivity contribution in [3.05, 3.63) is 34.3 Å². The number of halogens is 1. The molecular weight excluding hydrogens is 364 g/mol. The molecule has 8 heteroatoms. The van der Waals surface area contributed by atoms with Crippen molar-refractivity contribution in [3.8, 4) is 0 Å². The molecule has 3 rings (SSSR count). The molecule has 23 heavy (non-hydrogen) atoms. The summed E-state index contributed by atoms with van der Waals surface area (Å²) in [5.41, 5.74) is 0.0585. The molecule has 1 atom stereocenters. The quantitative estimate of drug-likeness (QED) is 0.657. The van der Waals surface area contributed by atoms with E-state index in [0.717, 1.165) is 14.9 Å². The van der Waals surface area contributed by atoms with Crippen LogP contribution in [0, 0.1) is 0 Å². The van der Waals surface area contributed by atoms with Crippen LogP contribution in [0.1, 0.15) is 12.0 Å². The maximum absolute atomic E-state index is 12.4. The third kappa shape index (κ3) is 3.23. The second kappa shape index (κ2) is 6.29. The van der Waals surface area contributed by atoms with Crippen molar-refractivity contribution in [1.82, 2.24) is 20.9 Å². The minimum Gasteiger partial charge on any atom is -0.350 e. The van der Waals surface area contributed by atoms with Crippen molar-refractivity contribution in [2.75, 3.05) is 19.6 Å². The number of nitrogens with zero attached hydrogens (tertiary/aromatic N) is 1. The molecule has 0 bridgehead atoms. The van der Waals surface area contributed by atoms with E-state index >= 15 is 0 Å². The van der Waals surface area contributed by atoms with E-state index < -0.39 is 11.6 Å². The highest BCUT2D eigenvalue weighted by atomic mass is 79.9. The molecule has 2 aliphatic rings. The van der Waals surface area contributed by atoms with Gasteiger partial charge in [0.2, 0.25) is 5.91 Å². The maximum Gasteiger partial charge on any atom is 0.325 e. The van der Waals surface area contributed by atoms with Crippen LogP contribution in [0.3, 0.4) is 0 Å². The fourth-order valence-electron chi connectivity index (χ4n) is 2.85. The fraction of sp³-hybridized carbons (Fsp3) is 0.400. The summed E-state index contributed by atoms with van der Waals surface area (Å²) in [4.78, 5) is 37.4. The van der Waals surface area contributed by atoms with Gasteiger partial charge in [-0.05, 0) is 30.7 Å². The van der Waals surface area contributed by atoms with Crippen LogP contribution in [-0.4, -0.2) is 47.9 Å². The lowest BCUT2D eigenvalue weighted by Gasteiger charge is -2.19. The Labute approximate surface area is 141 Å². The monoisotopic (exact) mass is 380 g/mol. The largest absolute Gasteiger partial charge is 0.350 e. The van der Waals surface area contributed by atoms with Crippen molar-refractivity contribution in [3.63, 3.8) is 0 Å². The zero-order chi connectivity index (χ0) is 16.4. The lowest BCUT2D eigenvalue weighted by molar-refractivity contribution is -0.134. The third-order valence-corrected chi connectivity index (χ3v) is 4.57. The Kier molecular flexibility index (Phi) is 4.36. The van der Waals surface area contributed by atoms with E-state index in [9.17, 15) is 14.4 Å². The highest BCUT2D eigenvalue weighted by Crippen LogP contribution is 2.23. The zero-order valence-electron chi connectivity index (χ0n) is 12.4. The minimum atomic E-state index is -0.873. The normalized spacial score (nSPS) is 23.4. The van der Waals surface area contributed by atoms with Gasteiger partial charge in [-0.3, -0.25) is 14.5 Å². The van der Waals surface area contributed by atoms with Crippen molar-refractivity contribution in [1.29, 1.82) is 0 Å². The highest BCUT2D eigenvalue weighted by Gasteiger charge is 2.52. The molecule has 2 saturated heterocycles. The van der Waals surface area contributed by atoms with E-state index in [1.807, 2.05) is 24.3 Å². The molecule has 2 aliphatic heterocycles. The number of hydrogen-bond acceptors (Lipinski definition) is 4. The van der Waals surface area contributed by atoms with E-state index in [0.29, 0.717) is 26.1 Å². The fourth-order valence-corrected chi connectivity index (χ4v) is 3.29. The van der Waals surface area contributed by atoms with E-state index in [1.54, 1.807) is 0 Å².